The van der Waals surface area contributed by atoms with Gasteiger partial charge >= 0.3 is 12.3 Å². The van der Waals surface area contributed by atoms with Crippen LogP contribution in [-0.4, -0.2) is 44.5 Å². The average molecular weight is 723 g/mol. The number of nitrogens with one attached hydrogen (secondary N) is 2. The molecular weight excluding hydrogens is 693 g/mol. The van der Waals surface area contributed by atoms with Crippen LogP contribution in [0.3, 0.4) is 0 Å². The first-order valence-corrected chi connectivity index (χ1v) is 15.4. The molecule has 1 unspecified atom stereocenters. The highest BCUT2D eigenvalue weighted by Crippen LogP contribution is 2.38. The van der Waals surface area contributed by atoms with Crippen LogP contribution in [0.15, 0.2) is 72.0 Å². The average Bonchev–Trinajstić information content (AvgIpc) is 3.37. The van der Waals surface area contributed by atoms with E-state index in [1.807, 2.05) is 0 Å². The van der Waals surface area contributed by atoms with Gasteiger partial charge in [0.15, 0.2) is 5.78 Å². The lowest BCUT2D eigenvalue weighted by atomic mass is 9.94. The predicted octanol–water partition coefficient (Wildman–Crippen LogP) is 6.54. The number of rotatable bonds is 11. The number of amides is 3. The Labute approximate surface area is 287 Å². The minimum atomic E-state index is -4.96. The Morgan fingerprint density at radius 3 is 2.37 bits per heavy atom. The normalized spacial score (nSPS) is 12.4. The molecule has 0 fully saturated rings. The summed E-state index contributed by atoms with van der Waals surface area (Å²) in [6.45, 7) is 1.28. The van der Waals surface area contributed by atoms with E-state index >= 15 is 0 Å². The number of Topliss-reactive ketones (excluding diaryl/α,β-unsaturated/α-hetero) is 1. The van der Waals surface area contributed by atoms with Gasteiger partial charge in [-0.2, -0.15) is 13.2 Å². The number of nitrogens with zero attached hydrogens (tertiary/aromatic N) is 3. The number of halogens is 6. The Hall–Kier alpha value is -4.95. The quantitative estimate of drug-likeness (QED) is 0.151. The minimum Gasteiger partial charge on any atom is -0.463 e. The van der Waals surface area contributed by atoms with Gasteiger partial charge in [0.1, 0.15) is 5.82 Å². The van der Waals surface area contributed by atoms with E-state index in [0.29, 0.717) is 11.6 Å². The molecule has 49 heavy (non-hydrogen) atoms. The molecular formula is C33H29Cl2F4N5O5. The number of imidazole rings is 1. The molecule has 0 radical (unpaired) electrons. The summed E-state index contributed by atoms with van der Waals surface area (Å²) in [5.74, 6) is -2.72. The van der Waals surface area contributed by atoms with E-state index in [2.05, 4.69) is 15.6 Å². The molecule has 1 aromatic heterocycles. The molecule has 0 spiro atoms. The fraction of sp³-hybridized carbons (Fsp3) is 0.242. The molecule has 4 aromatic rings. The highest BCUT2D eigenvalue weighted by molar-refractivity contribution is 6.42. The third-order valence-electron chi connectivity index (χ3n) is 7.36. The van der Waals surface area contributed by atoms with Gasteiger partial charge in [0.05, 0.1) is 41.2 Å². The molecule has 3 N–H and O–H groups in total. The Balaban J connectivity index is 1.81. The second-order valence-corrected chi connectivity index (χ2v) is 11.7. The lowest BCUT2D eigenvalue weighted by molar-refractivity contribution is -0.137. The lowest BCUT2D eigenvalue weighted by Crippen LogP contribution is -2.35. The number of carbonyl (C=O) groups is 4. The highest BCUT2D eigenvalue weighted by Gasteiger charge is 2.34. The summed E-state index contributed by atoms with van der Waals surface area (Å²) in [6.07, 6.45) is -3.57. The van der Waals surface area contributed by atoms with E-state index < -0.39 is 47.1 Å². The third-order valence-corrected chi connectivity index (χ3v) is 8.10. The minimum absolute atomic E-state index is 0.00563. The summed E-state index contributed by atoms with van der Waals surface area (Å²) >= 11 is 12.3. The molecule has 1 atom stereocenters. The summed E-state index contributed by atoms with van der Waals surface area (Å²) in [4.78, 5) is 53.3. The first kappa shape index (κ1) is 36.9. The van der Waals surface area contributed by atoms with E-state index in [4.69, 9.17) is 23.2 Å². The molecule has 0 aliphatic carbocycles. The van der Waals surface area contributed by atoms with Crippen LogP contribution in [0, 0.1) is 5.82 Å². The molecule has 10 nitrogen and oxygen atoms in total. The summed E-state index contributed by atoms with van der Waals surface area (Å²) in [6, 6.07) is 9.46. The summed E-state index contributed by atoms with van der Waals surface area (Å²) < 4.78 is 59.0. The van der Waals surface area contributed by atoms with Crippen molar-refractivity contribution in [2.75, 3.05) is 6.54 Å². The van der Waals surface area contributed by atoms with Gasteiger partial charge in [-0.05, 0) is 64.7 Å². The Morgan fingerprint density at radius 1 is 0.980 bits per heavy atom. The maximum atomic E-state index is 14.1. The number of aryl methyl sites for hydroxylation is 1. The Bertz CT molecular complexity index is 1990. The zero-order valence-corrected chi connectivity index (χ0v) is 27.5. The monoisotopic (exact) mass is 721 g/mol. The van der Waals surface area contributed by atoms with Crippen molar-refractivity contribution in [3.05, 3.63) is 111 Å². The van der Waals surface area contributed by atoms with Crippen molar-refractivity contribution >= 4 is 46.9 Å². The molecule has 3 amide bonds. The van der Waals surface area contributed by atoms with Crippen LogP contribution in [0.1, 0.15) is 52.9 Å². The fourth-order valence-electron chi connectivity index (χ4n) is 4.94. The number of alkyl halides is 3. The van der Waals surface area contributed by atoms with Crippen LogP contribution in [0.2, 0.25) is 10.0 Å². The molecule has 0 saturated carbocycles. The molecule has 3 aromatic carbocycles. The molecule has 258 valence electrons. The fourth-order valence-corrected chi connectivity index (χ4v) is 5.25. The van der Waals surface area contributed by atoms with Gasteiger partial charge in [-0.25, -0.2) is 9.18 Å². The molecule has 0 saturated heterocycles. The summed E-state index contributed by atoms with van der Waals surface area (Å²) in [5, 5.41) is 14.8. The van der Waals surface area contributed by atoms with Crippen LogP contribution in [0.25, 0.3) is 11.1 Å². The molecule has 1 heterocycles. The number of hydrogen-bond acceptors (Lipinski definition) is 4. The van der Waals surface area contributed by atoms with Crippen LogP contribution < -0.4 is 16.3 Å². The van der Waals surface area contributed by atoms with Crippen LogP contribution in [0.4, 0.5) is 22.4 Å². The SMILES string of the molecule is CCC(=O)CNC(=O)CC(NC(=O)c1cc(Cn2ccn(C)/c2=N/C(=O)O)cc(-c2ccc(F)cc2C(F)(F)F)c1)c1ccc(Cl)c(Cl)c1. The number of carboxylic acid groups (broad SMARTS) is 1. The van der Waals surface area contributed by atoms with Gasteiger partial charge in [0.25, 0.3) is 5.91 Å². The number of hydrogen-bond donors (Lipinski definition) is 3. The third kappa shape index (κ3) is 9.57. The topological polar surface area (TPSA) is 135 Å². The standard InChI is InChI=1S/C33H29Cl2F4N5O5/c1-3-23(45)16-40-29(46)15-28(19-4-7-26(34)27(35)13-19)41-30(47)21-11-18(17-44-9-8-43(2)31(44)42-32(48)49)10-20(12-21)24-6-5-22(36)14-25(24)33(37,38)39/h4-14,28H,3,15-17H2,1-2H3,(H,40,46)(H,41,47)(H,48,49)/b42-31-. The van der Waals surface area contributed by atoms with Gasteiger partial charge in [-0.1, -0.05) is 42.3 Å². The number of benzene rings is 3. The van der Waals surface area contributed by atoms with Crippen molar-refractivity contribution in [1.29, 1.82) is 0 Å². The Morgan fingerprint density at radius 2 is 1.71 bits per heavy atom. The molecule has 16 heteroatoms. The molecule has 4 rings (SSSR count). The second-order valence-electron chi connectivity index (χ2n) is 10.9. The van der Waals surface area contributed by atoms with Crippen LogP contribution in [-0.2, 0) is 29.4 Å². The highest BCUT2D eigenvalue weighted by atomic mass is 35.5. The van der Waals surface area contributed by atoms with Gasteiger partial charge in [0, 0.05) is 31.4 Å². The van der Waals surface area contributed by atoms with Gasteiger partial charge in [-0.15, -0.1) is 4.99 Å². The first-order chi connectivity index (χ1) is 23.0. The maximum Gasteiger partial charge on any atom is 0.434 e. The first-order valence-electron chi connectivity index (χ1n) is 14.6. The van der Waals surface area contributed by atoms with Gasteiger partial charge in [0.2, 0.25) is 11.5 Å². The number of carbonyl (C=O) groups excluding carboxylic acids is 3. The number of ketones is 1. The van der Waals surface area contributed by atoms with Gasteiger partial charge < -0.3 is 24.9 Å². The van der Waals surface area contributed by atoms with Crippen LogP contribution in [0.5, 0.6) is 0 Å². The molecule has 0 bridgehead atoms. The van der Waals surface area contributed by atoms with Crippen molar-refractivity contribution in [3.63, 3.8) is 0 Å². The van der Waals surface area contributed by atoms with Crippen molar-refractivity contribution < 1.29 is 41.8 Å². The van der Waals surface area contributed by atoms with Gasteiger partial charge in [-0.3, -0.25) is 14.4 Å². The van der Waals surface area contributed by atoms with E-state index in [1.165, 1.54) is 57.9 Å². The zero-order chi connectivity index (χ0) is 36.0. The summed E-state index contributed by atoms with van der Waals surface area (Å²) in [7, 11) is 1.54. The summed E-state index contributed by atoms with van der Waals surface area (Å²) in [5.41, 5.74) is -1.30. The van der Waals surface area contributed by atoms with Crippen molar-refractivity contribution in [2.24, 2.45) is 12.0 Å². The van der Waals surface area contributed by atoms with Crippen molar-refractivity contribution in [3.8, 4) is 11.1 Å². The number of aromatic nitrogens is 2. The lowest BCUT2D eigenvalue weighted by Gasteiger charge is -2.21. The molecule has 0 aliphatic heterocycles. The zero-order valence-electron chi connectivity index (χ0n) is 25.9. The Kier molecular flexibility index (Phi) is 11.7. The smallest absolute Gasteiger partial charge is 0.434 e. The van der Waals surface area contributed by atoms with E-state index in [9.17, 15) is 41.8 Å². The van der Waals surface area contributed by atoms with E-state index in [-0.39, 0.29) is 64.1 Å². The molecule has 0 aliphatic rings. The van der Waals surface area contributed by atoms with E-state index in [1.54, 1.807) is 14.0 Å². The van der Waals surface area contributed by atoms with Crippen LogP contribution >= 0.6 is 23.2 Å². The van der Waals surface area contributed by atoms with Crippen molar-refractivity contribution in [2.45, 2.75) is 38.5 Å². The van der Waals surface area contributed by atoms with E-state index in [0.717, 1.165) is 12.1 Å². The predicted molar refractivity (Wildman–Crippen MR) is 173 cm³/mol. The largest absolute Gasteiger partial charge is 0.463 e. The second kappa shape index (κ2) is 15.5. The van der Waals surface area contributed by atoms with Crippen molar-refractivity contribution in [1.82, 2.24) is 19.8 Å². The maximum absolute atomic E-state index is 14.1.